The van der Waals surface area contributed by atoms with E-state index < -0.39 is 135 Å². The van der Waals surface area contributed by atoms with Crippen molar-refractivity contribution >= 4 is 5.91 Å². The summed E-state index contributed by atoms with van der Waals surface area (Å²) in [7, 11) is 0. The first-order valence-electron chi connectivity index (χ1n) is 16.2. The van der Waals surface area contributed by atoms with E-state index in [4.69, 9.17) is 62.8 Å². The molecule has 4 aliphatic rings. The zero-order valence-corrected chi connectivity index (χ0v) is 26.7. The van der Waals surface area contributed by atoms with Crippen LogP contribution in [-0.4, -0.2) is 195 Å². The van der Waals surface area contributed by atoms with E-state index >= 15 is 0 Å². The molecule has 0 radical (unpaired) electrons. The highest BCUT2D eigenvalue weighted by atomic mass is 16.8. The fourth-order valence-electron chi connectivity index (χ4n) is 6.42. The Kier molecular flexibility index (Phi) is 14.4. The van der Waals surface area contributed by atoms with Crippen molar-refractivity contribution in [2.24, 2.45) is 34.4 Å². The molecule has 1 amide bonds. The van der Waals surface area contributed by atoms with Gasteiger partial charge in [0.2, 0.25) is 5.91 Å². The third kappa shape index (κ3) is 8.66. The van der Waals surface area contributed by atoms with Crippen molar-refractivity contribution in [3.05, 3.63) is 0 Å². The van der Waals surface area contributed by atoms with E-state index in [1.54, 1.807) is 0 Å². The predicted molar refractivity (Wildman–Crippen MR) is 162 cm³/mol. The molecule has 3 aliphatic heterocycles. The van der Waals surface area contributed by atoms with E-state index in [9.17, 15) is 45.6 Å². The number of carbonyl (C=O) groups is 1. The Morgan fingerprint density at radius 2 is 1.31 bits per heavy atom. The minimum atomic E-state index is -1.86. The average molecular weight is 716 g/mol. The van der Waals surface area contributed by atoms with Gasteiger partial charge in [-0.1, -0.05) is 0 Å². The fourth-order valence-corrected chi connectivity index (χ4v) is 6.42. The Balaban J connectivity index is 1.58. The molecule has 1 saturated carbocycles. The van der Waals surface area contributed by atoms with E-state index in [0.717, 1.165) is 0 Å². The lowest BCUT2D eigenvalue weighted by Gasteiger charge is -2.49. The first kappa shape index (κ1) is 40.4. The smallest absolute Gasteiger partial charge is 0.249 e. The number of nitrogens with two attached hydrogens (primary N) is 6. The quantitative estimate of drug-likeness (QED) is 0.0841. The van der Waals surface area contributed by atoms with Gasteiger partial charge in [0.25, 0.3) is 0 Å². The summed E-state index contributed by atoms with van der Waals surface area (Å²) >= 11 is 0. The van der Waals surface area contributed by atoms with E-state index in [-0.39, 0.29) is 32.5 Å². The van der Waals surface area contributed by atoms with Gasteiger partial charge in [0.1, 0.15) is 61.0 Å². The molecule has 0 aromatic carbocycles. The lowest BCUT2D eigenvalue weighted by molar-refractivity contribution is -0.303. The van der Waals surface area contributed by atoms with E-state index in [1.807, 2.05) is 0 Å². The summed E-state index contributed by atoms with van der Waals surface area (Å²) in [6.45, 7) is -1.08. The summed E-state index contributed by atoms with van der Waals surface area (Å²) < 4.78 is 34.9. The van der Waals surface area contributed by atoms with Crippen molar-refractivity contribution in [1.82, 2.24) is 5.32 Å². The molecule has 0 aromatic heterocycles. The molecule has 22 nitrogen and oxygen atoms in total. The van der Waals surface area contributed by atoms with Gasteiger partial charge in [-0.05, 0) is 19.4 Å². The van der Waals surface area contributed by atoms with E-state index in [0.29, 0.717) is 0 Å². The molecular formula is C27H53N7O15. The largest absolute Gasteiger partial charge is 0.394 e. The number of aliphatic hydroxyl groups is 8. The van der Waals surface area contributed by atoms with Crippen molar-refractivity contribution in [1.29, 1.82) is 0 Å². The molecule has 0 spiro atoms. The van der Waals surface area contributed by atoms with Crippen molar-refractivity contribution in [3.8, 4) is 0 Å². The minimum Gasteiger partial charge on any atom is -0.394 e. The zero-order valence-electron chi connectivity index (χ0n) is 26.7. The normalized spacial score (nSPS) is 48.3. The van der Waals surface area contributed by atoms with Crippen LogP contribution in [0.1, 0.15) is 12.8 Å². The van der Waals surface area contributed by atoms with Crippen LogP contribution in [0.5, 0.6) is 0 Å². The third-order valence-corrected chi connectivity index (χ3v) is 9.38. The highest BCUT2D eigenvalue weighted by Crippen LogP contribution is 2.35. The number of amides is 1. The summed E-state index contributed by atoms with van der Waals surface area (Å²) in [5, 5.41) is 87.4. The molecule has 0 unspecified atom stereocenters. The van der Waals surface area contributed by atoms with Crippen LogP contribution in [0.2, 0.25) is 0 Å². The number of rotatable bonds is 13. The monoisotopic (exact) mass is 715 g/mol. The second kappa shape index (κ2) is 17.5. The molecule has 22 heteroatoms. The number of nitrogens with one attached hydrogen (secondary N) is 1. The van der Waals surface area contributed by atoms with Crippen molar-refractivity contribution in [2.45, 2.75) is 135 Å². The zero-order chi connectivity index (χ0) is 36.3. The summed E-state index contributed by atoms with van der Waals surface area (Å²) in [4.78, 5) is 12.7. The lowest BCUT2D eigenvalue weighted by Crippen LogP contribution is -2.73. The molecule has 4 fully saturated rings. The van der Waals surface area contributed by atoms with Gasteiger partial charge in [-0.25, -0.2) is 0 Å². The Morgan fingerprint density at radius 1 is 0.714 bits per heavy atom. The highest BCUT2D eigenvalue weighted by Gasteiger charge is 2.56. The number of hydrogen-bond acceptors (Lipinski definition) is 21. The molecule has 286 valence electrons. The summed E-state index contributed by atoms with van der Waals surface area (Å²) in [5.74, 6) is -0.978. The average Bonchev–Trinajstić information content (AvgIpc) is 3.37. The highest BCUT2D eigenvalue weighted by molar-refractivity contribution is 5.80. The third-order valence-electron chi connectivity index (χ3n) is 9.38. The Hall–Kier alpha value is -1.33. The molecule has 1 aliphatic carbocycles. The molecule has 3 saturated heterocycles. The van der Waals surface area contributed by atoms with Gasteiger partial charge >= 0.3 is 0 Å². The lowest BCUT2D eigenvalue weighted by atomic mass is 9.81. The van der Waals surface area contributed by atoms with Gasteiger partial charge in [0, 0.05) is 13.1 Å². The molecular weight excluding hydrogens is 662 g/mol. The number of carbonyl (C=O) groups excluding carboxylic acids is 1. The Bertz CT molecular complexity index is 1060. The number of aliphatic hydroxyl groups excluding tert-OH is 8. The molecule has 0 bridgehead atoms. The van der Waals surface area contributed by atoms with Crippen LogP contribution in [-0.2, 0) is 33.2 Å². The van der Waals surface area contributed by atoms with Gasteiger partial charge in [-0.2, -0.15) is 0 Å². The van der Waals surface area contributed by atoms with Crippen LogP contribution in [0, 0.1) is 0 Å². The molecule has 4 rings (SSSR count). The van der Waals surface area contributed by atoms with Crippen molar-refractivity contribution in [2.75, 3.05) is 26.2 Å². The number of hydrogen-bond donors (Lipinski definition) is 15. The second-order valence-corrected chi connectivity index (χ2v) is 12.8. The molecule has 0 aromatic rings. The molecule has 49 heavy (non-hydrogen) atoms. The van der Waals surface area contributed by atoms with Crippen molar-refractivity contribution in [3.63, 3.8) is 0 Å². The van der Waals surface area contributed by atoms with Gasteiger partial charge < -0.3 is 109 Å². The van der Waals surface area contributed by atoms with Crippen LogP contribution < -0.4 is 39.7 Å². The summed E-state index contributed by atoms with van der Waals surface area (Å²) in [6.07, 6.45) is -23.2. The fraction of sp³-hybridized carbons (Fsp3) is 0.963. The van der Waals surface area contributed by atoms with Gasteiger partial charge in [-0.15, -0.1) is 0 Å². The van der Waals surface area contributed by atoms with Crippen LogP contribution in [0.3, 0.4) is 0 Å². The topological polar surface area (TPSA) is 402 Å². The second-order valence-electron chi connectivity index (χ2n) is 12.8. The minimum absolute atomic E-state index is 0.00655. The molecule has 21 N–H and O–H groups in total. The van der Waals surface area contributed by atoms with Crippen LogP contribution >= 0.6 is 0 Å². The van der Waals surface area contributed by atoms with Crippen molar-refractivity contribution < 1.29 is 74.1 Å². The predicted octanol–water partition coefficient (Wildman–Crippen LogP) is -10.0. The standard InChI is InChI=1S/C27H53N7O15/c28-2-1-8(36)24(43)34-15-17(39)13(32)22(48-25-7(31)3-9(37)10(4-29)44-25)23(19(15)41)49-27-20(42)21(12(6-35)46-27)47-26-14(33)18(40)16(38)11(5-30)45-26/h7-23,25-27,35-42H,1-6,28-33H2,(H,34,43)/t7-,8+,9+,10-,11+,12-,13+,14-,15-,16-,17+,18-,19+,20-,21-,22-,23-,25-,26-,27+/m1/s1. The van der Waals surface area contributed by atoms with Crippen LogP contribution in [0.25, 0.3) is 0 Å². The maximum absolute atomic E-state index is 12.7. The summed E-state index contributed by atoms with van der Waals surface area (Å²) in [6, 6.07) is -5.25. The summed E-state index contributed by atoms with van der Waals surface area (Å²) in [5.41, 5.74) is 35.3. The Labute approximate surface area is 281 Å². The maximum atomic E-state index is 12.7. The SMILES string of the molecule is NCC[C@H](O)C(=O)N[C@@H]1[C@@H](O)[C@H](N)[C@@H](O[C@H]2O[C@H](CN)[C@@H](O)C[C@H]2N)[C@H](O[C@@H]2O[C@H](CO)[C@@H](O[C@H]3O[C@@H](CN)[C@@H](O)[C@H](O)[C@H]3N)[C@H]2O)[C@H]1O. The molecule has 3 heterocycles. The first-order chi connectivity index (χ1) is 23.2. The first-order valence-corrected chi connectivity index (χ1v) is 16.2. The Morgan fingerprint density at radius 3 is 1.92 bits per heavy atom. The van der Waals surface area contributed by atoms with E-state index in [2.05, 4.69) is 5.32 Å². The van der Waals surface area contributed by atoms with Crippen LogP contribution in [0.15, 0.2) is 0 Å². The van der Waals surface area contributed by atoms with Crippen LogP contribution in [0.4, 0.5) is 0 Å². The van der Waals surface area contributed by atoms with Gasteiger partial charge in [0.15, 0.2) is 18.9 Å². The van der Waals surface area contributed by atoms with Gasteiger partial charge in [0.05, 0.1) is 49.1 Å². The van der Waals surface area contributed by atoms with E-state index in [1.165, 1.54) is 0 Å². The van der Waals surface area contributed by atoms with Gasteiger partial charge in [-0.3, -0.25) is 4.79 Å². The molecule has 20 atom stereocenters. The maximum Gasteiger partial charge on any atom is 0.249 e. The number of ether oxygens (including phenoxy) is 6.